The van der Waals surface area contributed by atoms with Gasteiger partial charge >= 0.3 is 0 Å². The van der Waals surface area contributed by atoms with Crippen LogP contribution >= 0.6 is 0 Å². The van der Waals surface area contributed by atoms with Crippen molar-refractivity contribution < 1.29 is 8.94 Å². The maximum absolute atomic E-state index is 8.36. The van der Waals surface area contributed by atoms with E-state index in [9.17, 15) is 0 Å². The number of hydrogen-bond acceptors (Lipinski definition) is 5. The van der Waals surface area contributed by atoms with E-state index in [1.54, 1.807) is 12.1 Å². The lowest BCUT2D eigenvalue weighted by molar-refractivity contribution is 0.410. The van der Waals surface area contributed by atoms with Gasteiger partial charge in [-0.25, -0.2) is 0 Å². The number of nitrogens with zero attached hydrogens (tertiary/aromatic N) is 3. The Morgan fingerprint density at radius 2 is 2.46 bits per heavy atom. The first-order valence-corrected chi connectivity index (χ1v) is 3.63. The lowest BCUT2D eigenvalue weighted by Crippen LogP contribution is -1.83. The second-order valence-corrected chi connectivity index (χ2v) is 2.33. The average Bonchev–Trinajstić information content (AvgIpc) is 2.70. The number of aromatic nitrogens is 2. The maximum Gasteiger partial charge on any atom is 0.293 e. The Hall–Kier alpha value is -2.09. The second kappa shape index (κ2) is 3.11. The van der Waals surface area contributed by atoms with E-state index in [1.807, 2.05) is 6.07 Å². The first-order valence-electron chi connectivity index (χ1n) is 3.63. The van der Waals surface area contributed by atoms with Gasteiger partial charge in [0, 0.05) is 0 Å². The third-order valence-electron chi connectivity index (χ3n) is 1.44. The number of furan rings is 1. The van der Waals surface area contributed by atoms with Crippen LogP contribution in [0.1, 0.15) is 5.82 Å². The molecule has 64 valence electrons. The van der Waals surface area contributed by atoms with Crippen molar-refractivity contribution in [1.29, 1.82) is 5.26 Å². The first kappa shape index (κ1) is 7.55. The van der Waals surface area contributed by atoms with Gasteiger partial charge in [0.05, 0.1) is 18.8 Å². The van der Waals surface area contributed by atoms with Crippen molar-refractivity contribution in [3.8, 4) is 17.7 Å². The summed E-state index contributed by atoms with van der Waals surface area (Å²) in [5.74, 6) is 1.18. The third kappa shape index (κ3) is 1.42. The van der Waals surface area contributed by atoms with Crippen LogP contribution in [0.3, 0.4) is 0 Å². The quantitative estimate of drug-likeness (QED) is 0.689. The Labute approximate surface area is 73.6 Å². The van der Waals surface area contributed by atoms with E-state index in [0.29, 0.717) is 17.5 Å². The van der Waals surface area contributed by atoms with Gasteiger partial charge in [-0.1, -0.05) is 5.16 Å². The fourth-order valence-electron chi connectivity index (χ4n) is 0.897. The molecule has 0 saturated carbocycles. The van der Waals surface area contributed by atoms with Crippen molar-refractivity contribution in [3.05, 3.63) is 24.2 Å². The molecule has 0 aliphatic heterocycles. The predicted octanol–water partition coefficient (Wildman–Crippen LogP) is 1.40. The van der Waals surface area contributed by atoms with E-state index in [1.165, 1.54) is 6.26 Å². The summed E-state index contributed by atoms with van der Waals surface area (Å²) in [5, 5.41) is 12.0. The van der Waals surface area contributed by atoms with Gasteiger partial charge < -0.3 is 8.94 Å². The van der Waals surface area contributed by atoms with Crippen LogP contribution in [0.5, 0.6) is 0 Å². The van der Waals surface area contributed by atoms with Crippen LogP contribution in [-0.2, 0) is 6.42 Å². The third-order valence-corrected chi connectivity index (χ3v) is 1.44. The lowest BCUT2D eigenvalue weighted by Gasteiger charge is -1.81. The molecule has 0 radical (unpaired) electrons. The van der Waals surface area contributed by atoms with E-state index in [0.717, 1.165) is 0 Å². The molecule has 2 heterocycles. The SMILES string of the molecule is N#CCc1noc(-c2ccco2)n1. The Balaban J connectivity index is 2.29. The van der Waals surface area contributed by atoms with Crippen molar-refractivity contribution in [2.45, 2.75) is 6.42 Å². The van der Waals surface area contributed by atoms with Crippen LogP contribution in [0.25, 0.3) is 11.7 Å². The van der Waals surface area contributed by atoms with Gasteiger partial charge in [-0.05, 0) is 12.1 Å². The summed E-state index contributed by atoms with van der Waals surface area (Å²) in [4.78, 5) is 3.95. The average molecular weight is 175 g/mol. The van der Waals surface area contributed by atoms with Crippen molar-refractivity contribution >= 4 is 0 Å². The highest BCUT2D eigenvalue weighted by Crippen LogP contribution is 2.16. The normalized spacial score (nSPS) is 9.77. The van der Waals surface area contributed by atoms with Gasteiger partial charge in [-0.3, -0.25) is 0 Å². The van der Waals surface area contributed by atoms with Crippen molar-refractivity contribution in [2.24, 2.45) is 0 Å². The molecule has 0 aliphatic rings. The minimum Gasteiger partial charge on any atom is -0.459 e. The van der Waals surface area contributed by atoms with Crippen molar-refractivity contribution in [3.63, 3.8) is 0 Å². The number of hydrogen-bond donors (Lipinski definition) is 0. The standard InChI is InChI=1S/C8H5N3O2/c9-4-3-7-10-8(13-11-7)6-2-1-5-12-6/h1-2,5H,3H2. The molecule has 0 spiro atoms. The molecule has 0 N–H and O–H groups in total. The summed E-state index contributed by atoms with van der Waals surface area (Å²) in [6, 6.07) is 5.36. The van der Waals surface area contributed by atoms with Gasteiger partial charge in [-0.2, -0.15) is 10.2 Å². The smallest absolute Gasteiger partial charge is 0.293 e. The molecule has 0 aliphatic carbocycles. The largest absolute Gasteiger partial charge is 0.459 e. The summed E-state index contributed by atoms with van der Waals surface area (Å²) in [5.41, 5.74) is 0. The lowest BCUT2D eigenvalue weighted by atomic mass is 10.4. The van der Waals surface area contributed by atoms with Gasteiger partial charge in [0.25, 0.3) is 5.89 Å². The molecule has 0 atom stereocenters. The van der Waals surface area contributed by atoms with E-state index < -0.39 is 0 Å². The highest BCUT2D eigenvalue weighted by molar-refractivity contribution is 5.42. The molecule has 0 aromatic carbocycles. The van der Waals surface area contributed by atoms with E-state index in [2.05, 4.69) is 10.1 Å². The molecular formula is C8H5N3O2. The highest BCUT2D eigenvalue weighted by atomic mass is 16.5. The maximum atomic E-state index is 8.36. The summed E-state index contributed by atoms with van der Waals surface area (Å²) in [7, 11) is 0. The zero-order valence-electron chi connectivity index (χ0n) is 6.60. The van der Waals surface area contributed by atoms with Gasteiger partial charge in [0.2, 0.25) is 0 Å². The molecule has 0 bridgehead atoms. The van der Waals surface area contributed by atoms with Gasteiger partial charge in [-0.15, -0.1) is 0 Å². The van der Waals surface area contributed by atoms with Gasteiger partial charge in [0.15, 0.2) is 11.6 Å². The second-order valence-electron chi connectivity index (χ2n) is 2.33. The molecule has 2 aromatic heterocycles. The molecule has 0 unspecified atom stereocenters. The molecule has 5 nitrogen and oxygen atoms in total. The molecule has 2 rings (SSSR count). The summed E-state index contributed by atoms with van der Waals surface area (Å²) in [6.45, 7) is 0. The predicted molar refractivity (Wildman–Crippen MR) is 41.3 cm³/mol. The fourth-order valence-corrected chi connectivity index (χ4v) is 0.897. The summed E-state index contributed by atoms with van der Waals surface area (Å²) in [6.07, 6.45) is 1.66. The molecule has 13 heavy (non-hydrogen) atoms. The summed E-state index contributed by atoms with van der Waals surface area (Å²) < 4.78 is 9.89. The van der Waals surface area contributed by atoms with E-state index in [-0.39, 0.29) is 6.42 Å². The van der Waals surface area contributed by atoms with Crippen LogP contribution in [0.2, 0.25) is 0 Å². The topological polar surface area (TPSA) is 75.8 Å². The monoisotopic (exact) mass is 175 g/mol. The molecule has 0 fully saturated rings. The Morgan fingerprint density at radius 1 is 1.54 bits per heavy atom. The van der Waals surface area contributed by atoms with Crippen LogP contribution in [0, 0.1) is 11.3 Å². The molecule has 2 aromatic rings. The Morgan fingerprint density at radius 3 is 3.15 bits per heavy atom. The van der Waals surface area contributed by atoms with E-state index >= 15 is 0 Å². The summed E-state index contributed by atoms with van der Waals surface area (Å²) >= 11 is 0. The molecule has 0 amide bonds. The first-order chi connectivity index (χ1) is 6.40. The molecule has 5 heteroatoms. The zero-order valence-corrected chi connectivity index (χ0v) is 6.60. The highest BCUT2D eigenvalue weighted by Gasteiger charge is 2.09. The zero-order chi connectivity index (χ0) is 9.10. The van der Waals surface area contributed by atoms with Crippen LogP contribution in [0.15, 0.2) is 27.3 Å². The van der Waals surface area contributed by atoms with Crippen LogP contribution < -0.4 is 0 Å². The number of rotatable bonds is 2. The van der Waals surface area contributed by atoms with Crippen LogP contribution in [0.4, 0.5) is 0 Å². The van der Waals surface area contributed by atoms with E-state index in [4.69, 9.17) is 14.2 Å². The minimum absolute atomic E-state index is 0.143. The van der Waals surface area contributed by atoms with Gasteiger partial charge in [0.1, 0.15) is 0 Å². The molecular weight excluding hydrogens is 170 g/mol. The fraction of sp³-hybridized carbons (Fsp3) is 0.125. The minimum atomic E-state index is 0.143. The number of nitriles is 1. The van der Waals surface area contributed by atoms with Crippen molar-refractivity contribution in [1.82, 2.24) is 10.1 Å². The van der Waals surface area contributed by atoms with Crippen LogP contribution in [-0.4, -0.2) is 10.1 Å². The molecule has 0 saturated heterocycles. The van der Waals surface area contributed by atoms with Crippen molar-refractivity contribution in [2.75, 3.05) is 0 Å². The Bertz CT molecular complexity index is 424. The Kier molecular flexibility index (Phi) is 1.81.